The average molecular weight is 239 g/mol. The molecule has 1 aromatic heterocycles. The summed E-state index contributed by atoms with van der Waals surface area (Å²) >= 11 is 0. The summed E-state index contributed by atoms with van der Waals surface area (Å²) in [7, 11) is 1.66. The van der Waals surface area contributed by atoms with Crippen molar-refractivity contribution in [2.24, 2.45) is 0 Å². The van der Waals surface area contributed by atoms with Crippen LogP contribution < -0.4 is 5.32 Å². The van der Waals surface area contributed by atoms with Gasteiger partial charge in [0.25, 0.3) is 0 Å². The van der Waals surface area contributed by atoms with E-state index in [1.165, 1.54) is 0 Å². The van der Waals surface area contributed by atoms with Crippen molar-refractivity contribution >= 4 is 0 Å². The van der Waals surface area contributed by atoms with Gasteiger partial charge in [-0.15, -0.1) is 0 Å². The zero-order valence-electron chi connectivity index (χ0n) is 11.0. The normalized spacial score (nSPS) is 20.5. The zero-order valence-corrected chi connectivity index (χ0v) is 11.0. The van der Waals surface area contributed by atoms with E-state index in [0.717, 1.165) is 31.8 Å². The lowest BCUT2D eigenvalue weighted by Crippen LogP contribution is -2.38. The van der Waals surface area contributed by atoms with Gasteiger partial charge >= 0.3 is 0 Å². The fourth-order valence-electron chi connectivity index (χ4n) is 2.00. The third-order valence-electron chi connectivity index (χ3n) is 3.70. The van der Waals surface area contributed by atoms with Crippen LogP contribution in [-0.4, -0.2) is 30.3 Å². The summed E-state index contributed by atoms with van der Waals surface area (Å²) in [4.78, 5) is 4.52. The van der Waals surface area contributed by atoms with Crippen molar-refractivity contribution in [3.63, 3.8) is 0 Å². The number of hydrogen-bond acceptors (Lipinski definition) is 5. The molecule has 5 nitrogen and oxygen atoms in total. The molecule has 0 spiro atoms. The smallest absolute Gasteiger partial charge is 0.232 e. The Labute approximate surface area is 102 Å². The lowest BCUT2D eigenvalue weighted by Gasteiger charge is -2.30. The number of methoxy groups -OCH3 is 1. The van der Waals surface area contributed by atoms with E-state index in [1.807, 2.05) is 13.8 Å². The molecule has 0 aliphatic carbocycles. The molecule has 96 valence electrons. The summed E-state index contributed by atoms with van der Waals surface area (Å²) < 4.78 is 10.8. The number of rotatable bonds is 3. The number of piperidine rings is 1. The van der Waals surface area contributed by atoms with Gasteiger partial charge in [-0.3, -0.25) is 0 Å². The highest BCUT2D eigenvalue weighted by molar-refractivity contribution is 5.07. The molecule has 0 bridgehead atoms. The third-order valence-corrected chi connectivity index (χ3v) is 3.70. The molecule has 0 saturated carbocycles. The van der Waals surface area contributed by atoms with Crippen molar-refractivity contribution in [1.29, 1.82) is 0 Å². The quantitative estimate of drug-likeness (QED) is 0.868. The van der Waals surface area contributed by atoms with Crippen LogP contribution in [0.2, 0.25) is 0 Å². The van der Waals surface area contributed by atoms with Gasteiger partial charge in [0.1, 0.15) is 5.60 Å². The van der Waals surface area contributed by atoms with Gasteiger partial charge in [0, 0.05) is 12.5 Å². The molecule has 1 saturated heterocycles. The van der Waals surface area contributed by atoms with Gasteiger partial charge in [0.15, 0.2) is 0 Å². The molecule has 1 N–H and O–H groups in total. The Morgan fingerprint density at radius 1 is 1.35 bits per heavy atom. The molecule has 0 atom stereocenters. The molecule has 1 aliphatic rings. The Kier molecular flexibility index (Phi) is 3.23. The second-order valence-corrected chi connectivity index (χ2v) is 5.45. The predicted molar refractivity (Wildman–Crippen MR) is 63.8 cm³/mol. The number of nitrogens with one attached hydrogen (secondary N) is 1. The van der Waals surface area contributed by atoms with E-state index in [1.54, 1.807) is 7.11 Å². The van der Waals surface area contributed by atoms with Crippen LogP contribution in [0.4, 0.5) is 0 Å². The molecule has 1 aliphatic heterocycles. The molecule has 5 heteroatoms. The van der Waals surface area contributed by atoms with Crippen LogP contribution in [0.25, 0.3) is 0 Å². The fourth-order valence-corrected chi connectivity index (χ4v) is 2.00. The molecule has 2 rings (SSSR count). The molecular weight excluding hydrogens is 218 g/mol. The number of aromatic nitrogens is 2. The van der Waals surface area contributed by atoms with Crippen LogP contribution in [0.15, 0.2) is 4.52 Å². The van der Waals surface area contributed by atoms with Crippen LogP contribution in [0, 0.1) is 0 Å². The lowest BCUT2D eigenvalue weighted by atomic mass is 9.81. The van der Waals surface area contributed by atoms with Crippen LogP contribution >= 0.6 is 0 Å². The first-order valence-corrected chi connectivity index (χ1v) is 6.08. The van der Waals surface area contributed by atoms with E-state index in [2.05, 4.69) is 22.4 Å². The highest BCUT2D eigenvalue weighted by Gasteiger charge is 2.36. The Morgan fingerprint density at radius 3 is 2.59 bits per heavy atom. The zero-order chi connectivity index (χ0) is 12.5. The van der Waals surface area contributed by atoms with Gasteiger partial charge < -0.3 is 14.6 Å². The van der Waals surface area contributed by atoms with Crippen LogP contribution in [0.1, 0.15) is 45.3 Å². The average Bonchev–Trinajstić information content (AvgIpc) is 2.80. The maximum absolute atomic E-state index is 5.43. The summed E-state index contributed by atoms with van der Waals surface area (Å²) in [6.07, 6.45) is 2.06. The first kappa shape index (κ1) is 12.5. The molecule has 0 radical (unpaired) electrons. The van der Waals surface area contributed by atoms with Crippen molar-refractivity contribution in [1.82, 2.24) is 15.5 Å². The van der Waals surface area contributed by atoms with Crippen molar-refractivity contribution in [3.8, 4) is 0 Å². The van der Waals surface area contributed by atoms with E-state index in [4.69, 9.17) is 9.26 Å². The Bertz CT molecular complexity index is 381. The Balaban J connectivity index is 2.23. The summed E-state index contributed by atoms with van der Waals surface area (Å²) in [6.45, 7) is 8.06. The molecule has 0 aromatic carbocycles. The first-order valence-electron chi connectivity index (χ1n) is 6.08. The minimum absolute atomic E-state index is 0.000319. The fraction of sp³-hybridized carbons (Fsp3) is 0.833. The van der Waals surface area contributed by atoms with E-state index >= 15 is 0 Å². The molecular formula is C12H21N3O2. The molecule has 1 aromatic rings. The summed E-state index contributed by atoms with van der Waals surface area (Å²) in [5, 5.41) is 7.39. The van der Waals surface area contributed by atoms with Crippen LogP contribution in [-0.2, 0) is 15.8 Å². The Hall–Kier alpha value is -0.940. The van der Waals surface area contributed by atoms with Crippen LogP contribution in [0.3, 0.4) is 0 Å². The van der Waals surface area contributed by atoms with Gasteiger partial charge in [-0.25, -0.2) is 0 Å². The minimum atomic E-state index is -0.495. The third kappa shape index (κ3) is 2.35. The summed E-state index contributed by atoms with van der Waals surface area (Å²) in [5.74, 6) is 1.36. The van der Waals surface area contributed by atoms with E-state index in [-0.39, 0.29) is 5.41 Å². The highest BCUT2D eigenvalue weighted by atomic mass is 16.5. The van der Waals surface area contributed by atoms with E-state index in [9.17, 15) is 0 Å². The molecule has 0 unspecified atom stereocenters. The lowest BCUT2D eigenvalue weighted by molar-refractivity contribution is 0.00973. The molecule has 1 fully saturated rings. The summed E-state index contributed by atoms with van der Waals surface area (Å²) in [5.41, 5.74) is -0.495. The minimum Gasteiger partial charge on any atom is -0.371 e. The highest BCUT2D eigenvalue weighted by Crippen LogP contribution is 2.33. The molecule has 0 amide bonds. The SMILES string of the molecule is COC(C)(C)c1noc(C2(C)CCNCC2)n1. The standard InChI is InChI=1S/C12H21N3O2/c1-11(2,16-4)9-14-10(17-15-9)12(3)5-7-13-8-6-12/h13H,5-8H2,1-4H3. The topological polar surface area (TPSA) is 60.2 Å². The van der Waals surface area contributed by atoms with E-state index < -0.39 is 5.60 Å². The maximum Gasteiger partial charge on any atom is 0.232 e. The van der Waals surface area contributed by atoms with Gasteiger partial charge in [0.05, 0.1) is 0 Å². The van der Waals surface area contributed by atoms with Gasteiger partial charge in [0.2, 0.25) is 11.7 Å². The van der Waals surface area contributed by atoms with Crippen molar-refractivity contribution in [3.05, 3.63) is 11.7 Å². The predicted octanol–water partition coefficient (Wildman–Crippen LogP) is 1.59. The largest absolute Gasteiger partial charge is 0.371 e. The van der Waals surface area contributed by atoms with Crippen molar-refractivity contribution in [2.45, 2.75) is 44.6 Å². The molecule has 17 heavy (non-hydrogen) atoms. The first-order chi connectivity index (χ1) is 7.98. The van der Waals surface area contributed by atoms with Crippen LogP contribution in [0.5, 0.6) is 0 Å². The van der Waals surface area contributed by atoms with Gasteiger partial charge in [-0.2, -0.15) is 4.98 Å². The second kappa shape index (κ2) is 4.38. The second-order valence-electron chi connectivity index (χ2n) is 5.45. The Morgan fingerprint density at radius 2 is 2.00 bits per heavy atom. The number of nitrogens with zero attached hydrogens (tertiary/aromatic N) is 2. The van der Waals surface area contributed by atoms with Crippen molar-refractivity contribution < 1.29 is 9.26 Å². The van der Waals surface area contributed by atoms with Gasteiger partial charge in [-0.1, -0.05) is 12.1 Å². The molecule has 2 heterocycles. The maximum atomic E-state index is 5.43. The van der Waals surface area contributed by atoms with E-state index in [0.29, 0.717) is 5.82 Å². The number of hydrogen-bond donors (Lipinski definition) is 1. The summed E-state index contributed by atoms with van der Waals surface area (Å²) in [6, 6.07) is 0. The van der Waals surface area contributed by atoms with Gasteiger partial charge in [-0.05, 0) is 39.8 Å². The number of ether oxygens (including phenoxy) is 1. The monoisotopic (exact) mass is 239 g/mol. The van der Waals surface area contributed by atoms with Crippen molar-refractivity contribution in [2.75, 3.05) is 20.2 Å².